The molecule has 0 spiro atoms. The predicted molar refractivity (Wildman–Crippen MR) is 149 cm³/mol. The SMILES string of the molecule is CN(N)/C(=C(\N)COc1ccc(Cl)c2c1[C@@H](CN1CCCC1=O)N(C(=O)[C@@H]1CC3CCC1(C=O)CC3)CC2)C(F)F. The largest absolute Gasteiger partial charge is 0.487 e. The zero-order chi connectivity index (χ0) is 29.5. The number of aldehydes is 1. The second-order valence-electron chi connectivity index (χ2n) is 11.9. The number of carbonyl (C=O) groups is 3. The van der Waals surface area contributed by atoms with E-state index in [1.807, 2.05) is 0 Å². The zero-order valence-corrected chi connectivity index (χ0v) is 24.0. The van der Waals surface area contributed by atoms with Crippen LogP contribution in [0.25, 0.3) is 0 Å². The first-order valence-electron chi connectivity index (χ1n) is 14.3. The summed E-state index contributed by atoms with van der Waals surface area (Å²) in [6.07, 6.45) is 3.74. The molecule has 2 heterocycles. The fraction of sp³-hybridized carbons (Fsp3) is 0.621. The number of hydrogen-bond acceptors (Lipinski definition) is 7. The van der Waals surface area contributed by atoms with Crippen LogP contribution in [-0.4, -0.2) is 72.6 Å². The lowest BCUT2D eigenvalue weighted by atomic mass is 9.55. The Bertz CT molecular complexity index is 1220. The van der Waals surface area contributed by atoms with Crippen LogP contribution in [0.1, 0.15) is 62.1 Å². The van der Waals surface area contributed by atoms with Gasteiger partial charge in [-0.15, -0.1) is 0 Å². The molecule has 2 bridgehead atoms. The summed E-state index contributed by atoms with van der Waals surface area (Å²) < 4.78 is 33.2. The summed E-state index contributed by atoms with van der Waals surface area (Å²) in [5, 5.41) is 1.26. The Labute approximate surface area is 243 Å². The van der Waals surface area contributed by atoms with Crippen LogP contribution in [-0.2, 0) is 20.8 Å². The first-order chi connectivity index (χ1) is 19.6. The minimum Gasteiger partial charge on any atom is -0.487 e. The molecule has 224 valence electrons. The van der Waals surface area contributed by atoms with Crippen LogP contribution >= 0.6 is 11.6 Å². The first-order valence-corrected chi connectivity index (χ1v) is 14.7. The topological polar surface area (TPSA) is 122 Å². The second-order valence-corrected chi connectivity index (χ2v) is 12.3. The molecule has 0 aromatic heterocycles. The van der Waals surface area contributed by atoms with E-state index in [9.17, 15) is 23.2 Å². The molecule has 12 heteroatoms. The summed E-state index contributed by atoms with van der Waals surface area (Å²) in [6.45, 7) is 0.839. The van der Waals surface area contributed by atoms with Gasteiger partial charge in [-0.1, -0.05) is 11.6 Å². The highest BCUT2D eigenvalue weighted by atomic mass is 35.5. The summed E-state index contributed by atoms with van der Waals surface area (Å²) in [5.74, 6) is 5.86. The highest BCUT2D eigenvalue weighted by Gasteiger charge is 2.53. The summed E-state index contributed by atoms with van der Waals surface area (Å²) in [5.41, 5.74) is 5.97. The molecule has 1 saturated heterocycles. The summed E-state index contributed by atoms with van der Waals surface area (Å²) in [7, 11) is 1.27. The number of amides is 2. The quantitative estimate of drug-likeness (QED) is 0.256. The van der Waals surface area contributed by atoms with E-state index in [4.69, 9.17) is 27.9 Å². The Balaban J connectivity index is 1.52. The van der Waals surface area contributed by atoms with E-state index in [1.54, 1.807) is 21.9 Å². The Morgan fingerprint density at radius 3 is 2.61 bits per heavy atom. The van der Waals surface area contributed by atoms with Crippen molar-refractivity contribution in [3.05, 3.63) is 39.7 Å². The lowest BCUT2D eigenvalue weighted by Crippen LogP contribution is -2.54. The molecule has 41 heavy (non-hydrogen) atoms. The lowest BCUT2D eigenvalue weighted by molar-refractivity contribution is -0.155. The molecule has 0 radical (unpaired) electrons. The molecule has 2 amide bonds. The molecular weight excluding hydrogens is 556 g/mol. The van der Waals surface area contributed by atoms with E-state index in [1.165, 1.54) is 7.05 Å². The smallest absolute Gasteiger partial charge is 0.281 e. The predicted octanol–water partition coefficient (Wildman–Crippen LogP) is 3.40. The van der Waals surface area contributed by atoms with Crippen LogP contribution in [0.5, 0.6) is 5.75 Å². The number of carbonyl (C=O) groups excluding carboxylic acids is 3. The molecule has 3 aliphatic carbocycles. The molecule has 1 aromatic rings. The van der Waals surface area contributed by atoms with Crippen LogP contribution in [0.3, 0.4) is 0 Å². The van der Waals surface area contributed by atoms with Crippen molar-refractivity contribution in [3.8, 4) is 5.75 Å². The Morgan fingerprint density at radius 1 is 1.27 bits per heavy atom. The van der Waals surface area contributed by atoms with Gasteiger partial charge in [0, 0.05) is 49.1 Å². The van der Waals surface area contributed by atoms with Gasteiger partial charge in [0.05, 0.1) is 17.7 Å². The van der Waals surface area contributed by atoms with Crippen molar-refractivity contribution in [1.82, 2.24) is 14.8 Å². The number of hydrogen-bond donors (Lipinski definition) is 2. The van der Waals surface area contributed by atoms with Gasteiger partial charge in [-0.25, -0.2) is 14.6 Å². The molecule has 2 atom stereocenters. The van der Waals surface area contributed by atoms with E-state index in [2.05, 4.69) is 0 Å². The molecule has 1 aromatic carbocycles. The molecule has 4 fully saturated rings. The molecule has 4 N–H and O–H groups in total. The number of allylic oxidation sites excluding steroid dienone is 1. The van der Waals surface area contributed by atoms with E-state index in [0.717, 1.165) is 36.1 Å². The van der Waals surface area contributed by atoms with E-state index in [0.29, 0.717) is 67.4 Å². The van der Waals surface area contributed by atoms with Gasteiger partial charge in [0.25, 0.3) is 6.43 Å². The normalized spacial score (nSPS) is 28.0. The zero-order valence-electron chi connectivity index (χ0n) is 23.3. The van der Waals surface area contributed by atoms with Crippen LogP contribution in [0.15, 0.2) is 23.5 Å². The number of alkyl halides is 2. The van der Waals surface area contributed by atoms with Crippen molar-refractivity contribution in [1.29, 1.82) is 0 Å². The van der Waals surface area contributed by atoms with Crippen molar-refractivity contribution in [2.24, 2.45) is 28.8 Å². The van der Waals surface area contributed by atoms with Gasteiger partial charge >= 0.3 is 0 Å². The minimum absolute atomic E-state index is 0.00911. The van der Waals surface area contributed by atoms with Crippen LogP contribution in [0.4, 0.5) is 8.78 Å². The number of likely N-dealkylation sites (tertiary alicyclic amines) is 1. The standard InChI is InChI=1S/C29H38ClF2N5O4/c1-35(34)26(27(31)32)21(33)15-41-23-5-4-20(30)18-8-12-37(22(25(18)23)14-36-11-2-3-24(36)39)28(40)19-13-17-6-9-29(19,16-38)10-7-17/h4-5,16-17,19,22,27H,2-3,6-15,33-34H2,1H3/b26-21-/t17?,19-,22+,29?/m0/s1. The third-order valence-corrected chi connectivity index (χ3v) is 9.90. The van der Waals surface area contributed by atoms with E-state index in [-0.39, 0.29) is 30.7 Å². The van der Waals surface area contributed by atoms with Gasteiger partial charge in [0.2, 0.25) is 11.8 Å². The third-order valence-electron chi connectivity index (χ3n) is 9.55. The van der Waals surface area contributed by atoms with Crippen LogP contribution < -0.4 is 16.3 Å². The van der Waals surface area contributed by atoms with Gasteiger partial charge in [0.1, 0.15) is 24.3 Å². The van der Waals surface area contributed by atoms with Crippen molar-refractivity contribution in [2.75, 3.05) is 33.3 Å². The maximum absolute atomic E-state index is 14.3. The van der Waals surface area contributed by atoms with Gasteiger partial charge < -0.3 is 30.1 Å². The summed E-state index contributed by atoms with van der Waals surface area (Å²) in [4.78, 5) is 43.0. The number of nitrogens with zero attached hydrogens (tertiary/aromatic N) is 3. The number of hydrazine groups is 1. The highest BCUT2D eigenvalue weighted by molar-refractivity contribution is 6.31. The summed E-state index contributed by atoms with van der Waals surface area (Å²) >= 11 is 6.65. The van der Waals surface area contributed by atoms with E-state index < -0.39 is 29.5 Å². The number of ether oxygens (including phenoxy) is 1. The molecule has 2 aliphatic heterocycles. The van der Waals surface area contributed by atoms with Crippen molar-refractivity contribution in [3.63, 3.8) is 0 Å². The molecule has 9 nitrogen and oxygen atoms in total. The molecule has 3 saturated carbocycles. The van der Waals surface area contributed by atoms with Gasteiger partial charge in [-0.05, 0) is 68.6 Å². The monoisotopic (exact) mass is 593 g/mol. The number of fused-ring (bicyclic) bond motifs is 4. The van der Waals surface area contributed by atoms with Crippen molar-refractivity contribution in [2.45, 2.75) is 63.8 Å². The van der Waals surface area contributed by atoms with E-state index >= 15 is 0 Å². The fourth-order valence-corrected chi connectivity index (χ4v) is 7.59. The number of rotatable bonds is 9. The first kappa shape index (κ1) is 29.6. The fourth-order valence-electron chi connectivity index (χ4n) is 7.33. The van der Waals surface area contributed by atoms with Crippen molar-refractivity contribution < 1.29 is 27.9 Å². The number of nitrogens with two attached hydrogens (primary N) is 2. The Kier molecular flexibility index (Phi) is 8.48. The maximum Gasteiger partial charge on any atom is 0.281 e. The minimum atomic E-state index is -2.90. The lowest BCUT2D eigenvalue weighted by Gasteiger charge is -2.51. The molecular formula is C29H38ClF2N5O4. The summed E-state index contributed by atoms with van der Waals surface area (Å²) in [6, 6.07) is 2.74. The van der Waals surface area contributed by atoms with Crippen LogP contribution in [0, 0.1) is 17.3 Å². The highest BCUT2D eigenvalue weighted by Crippen LogP contribution is 2.54. The third kappa shape index (κ3) is 5.50. The number of benzene rings is 1. The molecule has 5 aliphatic rings. The Morgan fingerprint density at radius 2 is 2.00 bits per heavy atom. The Hall–Kier alpha value is -2.92. The van der Waals surface area contributed by atoms with Gasteiger partial charge in [0.15, 0.2) is 0 Å². The van der Waals surface area contributed by atoms with Gasteiger partial charge in [-0.2, -0.15) is 0 Å². The van der Waals surface area contributed by atoms with Gasteiger partial charge in [-0.3, -0.25) is 9.59 Å². The number of halogens is 3. The maximum atomic E-state index is 14.3. The van der Waals surface area contributed by atoms with Crippen molar-refractivity contribution >= 4 is 29.7 Å². The van der Waals surface area contributed by atoms with Crippen LogP contribution in [0.2, 0.25) is 5.02 Å². The average molecular weight is 594 g/mol. The molecule has 6 rings (SSSR count). The second kappa shape index (κ2) is 11.8. The average Bonchev–Trinajstić information content (AvgIpc) is 3.36. The molecule has 0 unspecified atom stereocenters.